The van der Waals surface area contributed by atoms with Crippen molar-refractivity contribution in [2.24, 2.45) is 4.99 Å². The zero-order valence-corrected chi connectivity index (χ0v) is 16.7. The Morgan fingerprint density at radius 2 is 1.75 bits per heavy atom. The molecule has 2 N–H and O–H groups in total. The highest BCUT2D eigenvalue weighted by atomic mass is 16.2. The van der Waals surface area contributed by atoms with E-state index in [9.17, 15) is 9.59 Å². The number of likely N-dealkylation sites (tertiary alicyclic amines) is 1. The fourth-order valence-corrected chi connectivity index (χ4v) is 3.61. The lowest BCUT2D eigenvalue weighted by atomic mass is 10.1. The van der Waals surface area contributed by atoms with E-state index in [1.165, 1.54) is 0 Å². The zero-order chi connectivity index (χ0) is 19.8. The van der Waals surface area contributed by atoms with Crippen molar-refractivity contribution in [2.45, 2.75) is 45.6 Å². The molecule has 2 heterocycles. The first-order valence-electron chi connectivity index (χ1n) is 10.4. The molecule has 2 amide bonds. The minimum atomic E-state index is 0.124. The molecule has 0 radical (unpaired) electrons. The summed E-state index contributed by atoms with van der Waals surface area (Å²) in [7, 11) is 0. The molecule has 1 aromatic rings. The second kappa shape index (κ2) is 10.1. The summed E-state index contributed by atoms with van der Waals surface area (Å²) in [6.45, 7) is 6.04. The Kier molecular flexibility index (Phi) is 7.28. The lowest BCUT2D eigenvalue weighted by Gasteiger charge is -2.26. The Hall–Kier alpha value is -2.57. The number of carbonyl (C=O) groups is 2. The van der Waals surface area contributed by atoms with Crippen LogP contribution in [-0.4, -0.2) is 55.4 Å². The van der Waals surface area contributed by atoms with Gasteiger partial charge in [-0.25, -0.2) is 4.99 Å². The minimum absolute atomic E-state index is 0.124. The average molecular weight is 386 g/mol. The number of nitrogens with one attached hydrogen (secondary N) is 2. The van der Waals surface area contributed by atoms with E-state index < -0.39 is 0 Å². The van der Waals surface area contributed by atoms with E-state index in [-0.39, 0.29) is 18.4 Å². The number of hydrogen-bond donors (Lipinski definition) is 2. The Balaban J connectivity index is 1.54. The number of nitrogens with zero attached hydrogens (tertiary/aromatic N) is 3. The Bertz CT molecular complexity index is 695. The predicted octanol–water partition coefficient (Wildman–Crippen LogP) is 1.88. The highest BCUT2D eigenvalue weighted by Gasteiger charge is 2.19. The van der Waals surface area contributed by atoms with Crippen LogP contribution in [0, 0.1) is 0 Å². The third-order valence-electron chi connectivity index (χ3n) is 5.20. The van der Waals surface area contributed by atoms with E-state index >= 15 is 0 Å². The molecule has 2 saturated heterocycles. The molecule has 0 aromatic heterocycles. The van der Waals surface area contributed by atoms with Crippen molar-refractivity contribution in [3.8, 4) is 0 Å². The van der Waals surface area contributed by atoms with E-state index in [1.54, 1.807) is 0 Å². The van der Waals surface area contributed by atoms with Gasteiger partial charge in [0.15, 0.2) is 5.96 Å². The van der Waals surface area contributed by atoms with Gasteiger partial charge in [-0.15, -0.1) is 0 Å². The van der Waals surface area contributed by atoms with Crippen LogP contribution in [0.2, 0.25) is 0 Å². The van der Waals surface area contributed by atoms with Crippen LogP contribution in [0.4, 0.5) is 5.69 Å². The van der Waals surface area contributed by atoms with Gasteiger partial charge in [-0.1, -0.05) is 12.1 Å². The van der Waals surface area contributed by atoms with Gasteiger partial charge in [0.05, 0.1) is 13.1 Å². The van der Waals surface area contributed by atoms with Crippen LogP contribution in [0.15, 0.2) is 29.3 Å². The van der Waals surface area contributed by atoms with E-state index in [0.29, 0.717) is 18.9 Å². The molecule has 0 saturated carbocycles. The zero-order valence-electron chi connectivity index (χ0n) is 16.7. The molecule has 152 valence electrons. The molecule has 0 aliphatic carbocycles. The summed E-state index contributed by atoms with van der Waals surface area (Å²) in [5.41, 5.74) is 2.02. The van der Waals surface area contributed by atoms with Crippen LogP contribution >= 0.6 is 0 Å². The molecule has 0 bridgehead atoms. The summed E-state index contributed by atoms with van der Waals surface area (Å²) >= 11 is 0. The summed E-state index contributed by atoms with van der Waals surface area (Å²) in [5, 5.41) is 6.31. The highest BCUT2D eigenvalue weighted by molar-refractivity contribution is 5.94. The molecule has 2 fully saturated rings. The minimum Gasteiger partial charge on any atom is -0.357 e. The van der Waals surface area contributed by atoms with Gasteiger partial charge in [-0.2, -0.15) is 0 Å². The Morgan fingerprint density at radius 3 is 2.43 bits per heavy atom. The number of piperidine rings is 1. The lowest BCUT2D eigenvalue weighted by molar-refractivity contribution is -0.128. The van der Waals surface area contributed by atoms with Gasteiger partial charge in [0.2, 0.25) is 11.8 Å². The number of aliphatic imine (C=N–C) groups is 1. The largest absolute Gasteiger partial charge is 0.357 e. The van der Waals surface area contributed by atoms with Crippen LogP contribution in [0.3, 0.4) is 0 Å². The molecule has 0 spiro atoms. The predicted molar refractivity (Wildman–Crippen MR) is 111 cm³/mol. The highest BCUT2D eigenvalue weighted by Crippen LogP contribution is 2.21. The molecule has 0 unspecified atom stereocenters. The Labute approximate surface area is 167 Å². The van der Waals surface area contributed by atoms with Crippen molar-refractivity contribution in [1.82, 2.24) is 15.5 Å². The maximum absolute atomic E-state index is 12.2. The SMILES string of the molecule is CCNC(=NCc1ccc(N2CCCCC2=O)cc1)NCC(=O)N1CCCC1. The molecule has 2 aliphatic rings. The standard InChI is InChI=1S/C21H31N5O2/c1-2-22-21(24-16-20(28)25-12-5-6-13-25)23-15-17-8-10-18(11-9-17)26-14-4-3-7-19(26)27/h8-11H,2-7,12-16H2,1H3,(H2,22,23,24). The van der Waals surface area contributed by atoms with E-state index in [0.717, 1.165) is 63.1 Å². The summed E-state index contributed by atoms with van der Waals surface area (Å²) in [6, 6.07) is 8.01. The van der Waals surface area contributed by atoms with E-state index in [1.807, 2.05) is 41.0 Å². The van der Waals surface area contributed by atoms with Crippen molar-refractivity contribution >= 4 is 23.5 Å². The first-order chi connectivity index (χ1) is 13.7. The molecule has 7 nitrogen and oxygen atoms in total. The molecule has 7 heteroatoms. The number of rotatable bonds is 6. The number of anilines is 1. The number of guanidine groups is 1. The monoisotopic (exact) mass is 385 g/mol. The van der Waals surface area contributed by atoms with Crippen LogP contribution in [0.1, 0.15) is 44.6 Å². The van der Waals surface area contributed by atoms with Crippen LogP contribution in [-0.2, 0) is 16.1 Å². The molecule has 0 atom stereocenters. The molecular weight excluding hydrogens is 354 g/mol. The van der Waals surface area contributed by atoms with Gasteiger partial charge >= 0.3 is 0 Å². The maximum atomic E-state index is 12.2. The van der Waals surface area contributed by atoms with Gasteiger partial charge in [0.25, 0.3) is 0 Å². The summed E-state index contributed by atoms with van der Waals surface area (Å²) in [6.07, 6.45) is 4.88. The van der Waals surface area contributed by atoms with Crippen molar-refractivity contribution in [2.75, 3.05) is 37.6 Å². The molecule has 28 heavy (non-hydrogen) atoms. The maximum Gasteiger partial charge on any atom is 0.241 e. The molecular formula is C21H31N5O2. The van der Waals surface area contributed by atoms with Gasteiger partial charge < -0.3 is 20.4 Å². The smallest absolute Gasteiger partial charge is 0.241 e. The first-order valence-corrected chi connectivity index (χ1v) is 10.4. The quantitative estimate of drug-likeness (QED) is 0.579. The normalized spacial score (nSPS) is 17.8. The lowest BCUT2D eigenvalue weighted by Crippen LogP contribution is -2.44. The van der Waals surface area contributed by atoms with Crippen molar-refractivity contribution < 1.29 is 9.59 Å². The van der Waals surface area contributed by atoms with Crippen LogP contribution in [0.25, 0.3) is 0 Å². The third kappa shape index (κ3) is 5.47. The number of benzene rings is 1. The van der Waals surface area contributed by atoms with Crippen LogP contribution in [0.5, 0.6) is 0 Å². The van der Waals surface area contributed by atoms with Gasteiger partial charge in [-0.3, -0.25) is 9.59 Å². The molecule has 2 aliphatic heterocycles. The first kappa shape index (κ1) is 20.2. The van der Waals surface area contributed by atoms with Gasteiger partial charge in [0.1, 0.15) is 0 Å². The van der Waals surface area contributed by atoms with E-state index in [2.05, 4.69) is 15.6 Å². The average Bonchev–Trinajstić information content (AvgIpc) is 3.26. The fourth-order valence-electron chi connectivity index (χ4n) is 3.61. The second-order valence-corrected chi connectivity index (χ2v) is 7.31. The number of hydrogen-bond acceptors (Lipinski definition) is 3. The molecule has 3 rings (SSSR count). The molecule has 1 aromatic carbocycles. The van der Waals surface area contributed by atoms with Crippen LogP contribution < -0.4 is 15.5 Å². The number of carbonyl (C=O) groups excluding carboxylic acids is 2. The van der Waals surface area contributed by atoms with E-state index in [4.69, 9.17) is 0 Å². The Morgan fingerprint density at radius 1 is 1.04 bits per heavy atom. The summed E-state index contributed by atoms with van der Waals surface area (Å²) in [5.74, 6) is 0.974. The second-order valence-electron chi connectivity index (χ2n) is 7.31. The summed E-state index contributed by atoms with van der Waals surface area (Å²) in [4.78, 5) is 32.6. The fraction of sp³-hybridized carbons (Fsp3) is 0.571. The number of amides is 2. The summed E-state index contributed by atoms with van der Waals surface area (Å²) < 4.78 is 0. The third-order valence-corrected chi connectivity index (χ3v) is 5.20. The van der Waals surface area contributed by atoms with Gasteiger partial charge in [0, 0.05) is 38.3 Å². The van der Waals surface area contributed by atoms with Crippen molar-refractivity contribution in [3.63, 3.8) is 0 Å². The topological polar surface area (TPSA) is 77.0 Å². The van der Waals surface area contributed by atoms with Gasteiger partial charge in [-0.05, 0) is 50.3 Å². The van der Waals surface area contributed by atoms with Crippen molar-refractivity contribution in [3.05, 3.63) is 29.8 Å². The van der Waals surface area contributed by atoms with Crippen molar-refractivity contribution in [1.29, 1.82) is 0 Å².